The number of benzene rings is 1. The van der Waals surface area contributed by atoms with Crippen molar-refractivity contribution in [1.82, 2.24) is 0 Å². The highest BCUT2D eigenvalue weighted by Crippen LogP contribution is 2.17. The largest absolute Gasteiger partial charge is 0.390 e. The smallest absolute Gasteiger partial charge is 0.194 e. The SMILES string of the molecule is CC(C)(O)CCc1cc(F)c(F)c(F)c1. The molecule has 0 aromatic heterocycles. The van der Waals surface area contributed by atoms with E-state index >= 15 is 0 Å². The lowest BCUT2D eigenvalue weighted by molar-refractivity contribution is 0.0713. The number of aryl methyl sites for hydroxylation is 1. The molecule has 1 aromatic carbocycles. The lowest BCUT2D eigenvalue weighted by atomic mass is 9.99. The van der Waals surface area contributed by atoms with Gasteiger partial charge in [-0.1, -0.05) is 0 Å². The van der Waals surface area contributed by atoms with Crippen LogP contribution in [0, 0.1) is 17.5 Å². The van der Waals surface area contributed by atoms with E-state index in [1.807, 2.05) is 0 Å². The summed E-state index contributed by atoms with van der Waals surface area (Å²) >= 11 is 0. The van der Waals surface area contributed by atoms with E-state index in [1.165, 1.54) is 0 Å². The summed E-state index contributed by atoms with van der Waals surface area (Å²) in [5.74, 6) is -3.84. The van der Waals surface area contributed by atoms with Crippen molar-refractivity contribution in [1.29, 1.82) is 0 Å². The molecule has 0 aliphatic heterocycles. The maximum absolute atomic E-state index is 12.8. The molecule has 0 radical (unpaired) electrons. The maximum atomic E-state index is 12.8. The molecule has 0 aliphatic carbocycles. The highest BCUT2D eigenvalue weighted by atomic mass is 19.2. The van der Waals surface area contributed by atoms with Crippen molar-refractivity contribution in [3.63, 3.8) is 0 Å². The zero-order valence-electron chi connectivity index (χ0n) is 8.65. The highest BCUT2D eigenvalue weighted by molar-refractivity contribution is 5.19. The van der Waals surface area contributed by atoms with E-state index in [9.17, 15) is 18.3 Å². The van der Waals surface area contributed by atoms with Gasteiger partial charge in [0.1, 0.15) is 0 Å². The van der Waals surface area contributed by atoms with Gasteiger partial charge in [-0.25, -0.2) is 13.2 Å². The van der Waals surface area contributed by atoms with Gasteiger partial charge in [0.25, 0.3) is 0 Å². The third kappa shape index (κ3) is 3.55. The number of rotatable bonds is 3. The molecule has 0 saturated carbocycles. The molecule has 0 bridgehead atoms. The lowest BCUT2D eigenvalue weighted by Gasteiger charge is -2.16. The second-order valence-corrected chi connectivity index (χ2v) is 4.19. The zero-order chi connectivity index (χ0) is 11.6. The molecule has 0 atom stereocenters. The first-order valence-electron chi connectivity index (χ1n) is 4.65. The van der Waals surface area contributed by atoms with Gasteiger partial charge < -0.3 is 5.11 Å². The Morgan fingerprint density at radius 1 is 1.13 bits per heavy atom. The Morgan fingerprint density at radius 2 is 1.60 bits per heavy atom. The number of aliphatic hydroxyl groups is 1. The van der Waals surface area contributed by atoms with Gasteiger partial charge in [-0.2, -0.15) is 0 Å². The Kier molecular flexibility index (Phi) is 3.39. The average Bonchev–Trinajstić information content (AvgIpc) is 2.09. The molecule has 15 heavy (non-hydrogen) atoms. The molecule has 1 nitrogen and oxygen atoms in total. The van der Waals surface area contributed by atoms with Gasteiger partial charge in [0.15, 0.2) is 17.5 Å². The molecule has 84 valence electrons. The second-order valence-electron chi connectivity index (χ2n) is 4.19. The van der Waals surface area contributed by atoms with Crippen molar-refractivity contribution in [3.05, 3.63) is 35.1 Å². The summed E-state index contributed by atoms with van der Waals surface area (Å²) in [6.45, 7) is 3.20. The minimum absolute atomic E-state index is 0.303. The van der Waals surface area contributed by atoms with Gasteiger partial charge in [0, 0.05) is 0 Å². The van der Waals surface area contributed by atoms with Crippen LogP contribution in [-0.2, 0) is 6.42 Å². The van der Waals surface area contributed by atoms with Gasteiger partial charge in [-0.05, 0) is 44.4 Å². The second kappa shape index (κ2) is 4.23. The first kappa shape index (κ1) is 12.0. The molecular weight excluding hydrogens is 205 g/mol. The van der Waals surface area contributed by atoms with Crippen molar-refractivity contribution in [3.8, 4) is 0 Å². The normalized spacial score (nSPS) is 11.9. The summed E-state index contributed by atoms with van der Waals surface area (Å²) in [5, 5.41) is 9.41. The minimum atomic E-state index is -1.46. The van der Waals surface area contributed by atoms with Gasteiger partial charge in [-0.3, -0.25) is 0 Å². The monoisotopic (exact) mass is 218 g/mol. The van der Waals surface area contributed by atoms with Crippen molar-refractivity contribution >= 4 is 0 Å². The van der Waals surface area contributed by atoms with Crippen molar-refractivity contribution < 1.29 is 18.3 Å². The zero-order valence-corrected chi connectivity index (χ0v) is 8.65. The van der Waals surface area contributed by atoms with Crippen LogP contribution in [0.3, 0.4) is 0 Å². The first-order valence-corrected chi connectivity index (χ1v) is 4.65. The van der Waals surface area contributed by atoms with Crippen LogP contribution in [0.4, 0.5) is 13.2 Å². The van der Waals surface area contributed by atoms with Crippen LogP contribution in [0.2, 0.25) is 0 Å². The number of halogens is 3. The highest BCUT2D eigenvalue weighted by Gasteiger charge is 2.15. The molecule has 0 fully saturated rings. The standard InChI is InChI=1S/C11H13F3O/c1-11(2,15)4-3-7-5-8(12)10(14)9(13)6-7/h5-6,15H,3-4H2,1-2H3. The van der Waals surface area contributed by atoms with E-state index in [2.05, 4.69) is 0 Å². The summed E-state index contributed by atoms with van der Waals surface area (Å²) in [7, 11) is 0. The van der Waals surface area contributed by atoms with Crippen LogP contribution >= 0.6 is 0 Å². The lowest BCUT2D eigenvalue weighted by Crippen LogP contribution is -2.19. The molecule has 0 unspecified atom stereocenters. The number of hydrogen-bond donors (Lipinski definition) is 1. The summed E-state index contributed by atoms with van der Waals surface area (Å²) in [6, 6.07) is 1.90. The Hall–Kier alpha value is -1.03. The fraction of sp³-hybridized carbons (Fsp3) is 0.455. The van der Waals surface area contributed by atoms with Crippen molar-refractivity contribution in [2.75, 3.05) is 0 Å². The first-order chi connectivity index (χ1) is 6.79. The Bertz CT molecular complexity index is 332. The Balaban J connectivity index is 2.80. The Labute approximate surface area is 86.5 Å². The van der Waals surface area contributed by atoms with Crippen LogP contribution in [0.25, 0.3) is 0 Å². The molecule has 0 spiro atoms. The van der Waals surface area contributed by atoms with Gasteiger partial charge in [0.2, 0.25) is 0 Å². The van der Waals surface area contributed by atoms with E-state index in [-0.39, 0.29) is 0 Å². The third-order valence-corrected chi connectivity index (χ3v) is 2.07. The van der Waals surface area contributed by atoms with Crippen LogP contribution in [0.5, 0.6) is 0 Å². The molecule has 1 rings (SSSR count). The molecule has 1 aromatic rings. The predicted octanol–water partition coefficient (Wildman–Crippen LogP) is 2.81. The molecule has 0 saturated heterocycles. The summed E-state index contributed by atoms with van der Waals surface area (Å²) in [5.41, 5.74) is -0.560. The third-order valence-electron chi connectivity index (χ3n) is 2.07. The molecule has 0 amide bonds. The molecular formula is C11H13F3O. The van der Waals surface area contributed by atoms with Crippen LogP contribution in [-0.4, -0.2) is 10.7 Å². The van der Waals surface area contributed by atoms with E-state index < -0.39 is 23.1 Å². The van der Waals surface area contributed by atoms with Crippen molar-refractivity contribution in [2.24, 2.45) is 0 Å². The van der Waals surface area contributed by atoms with Gasteiger partial charge in [0.05, 0.1) is 5.60 Å². The van der Waals surface area contributed by atoms with E-state index in [1.54, 1.807) is 13.8 Å². The quantitative estimate of drug-likeness (QED) is 0.773. The van der Waals surface area contributed by atoms with E-state index in [0.29, 0.717) is 18.4 Å². The summed E-state index contributed by atoms with van der Waals surface area (Å²) in [4.78, 5) is 0. The molecule has 1 N–H and O–H groups in total. The van der Waals surface area contributed by atoms with Gasteiger partial charge in [-0.15, -0.1) is 0 Å². The average molecular weight is 218 g/mol. The predicted molar refractivity (Wildman–Crippen MR) is 50.9 cm³/mol. The minimum Gasteiger partial charge on any atom is -0.390 e. The van der Waals surface area contributed by atoms with E-state index in [0.717, 1.165) is 12.1 Å². The maximum Gasteiger partial charge on any atom is 0.194 e. The van der Waals surface area contributed by atoms with Crippen molar-refractivity contribution in [2.45, 2.75) is 32.3 Å². The van der Waals surface area contributed by atoms with E-state index in [4.69, 9.17) is 0 Å². The Morgan fingerprint density at radius 3 is 2.00 bits per heavy atom. The van der Waals surface area contributed by atoms with Crippen LogP contribution < -0.4 is 0 Å². The summed E-state index contributed by atoms with van der Waals surface area (Å²) in [6.07, 6.45) is 0.662. The molecule has 4 heteroatoms. The van der Waals surface area contributed by atoms with Crippen LogP contribution in [0.15, 0.2) is 12.1 Å². The fourth-order valence-corrected chi connectivity index (χ4v) is 1.20. The molecule has 0 aliphatic rings. The molecule has 0 heterocycles. The number of hydrogen-bond acceptors (Lipinski definition) is 1. The fourth-order valence-electron chi connectivity index (χ4n) is 1.20. The van der Waals surface area contributed by atoms with Crippen LogP contribution in [0.1, 0.15) is 25.8 Å². The van der Waals surface area contributed by atoms with Gasteiger partial charge >= 0.3 is 0 Å². The summed E-state index contributed by atoms with van der Waals surface area (Å²) < 4.78 is 38.2. The topological polar surface area (TPSA) is 20.2 Å².